The number of methoxy groups -OCH3 is 1. The molecule has 0 radical (unpaired) electrons. The van der Waals surface area contributed by atoms with Crippen LogP contribution in [-0.4, -0.2) is 35.1 Å². The van der Waals surface area contributed by atoms with E-state index in [4.69, 9.17) is 4.74 Å². The standard InChI is InChI=1S/C16H21N3O3/c1-11-4-5-13(8-12(11)2)19-16(21)9-15(20)14(18-19)10-17-6-7-22-3/h4-5,8-9,17,20H,6-7,10H2,1-3H3. The number of hydrogen-bond acceptors (Lipinski definition) is 5. The minimum absolute atomic E-state index is 0.102. The first-order valence-electron chi connectivity index (χ1n) is 7.12. The Morgan fingerprint density at radius 1 is 1.27 bits per heavy atom. The van der Waals surface area contributed by atoms with Crippen LogP contribution < -0.4 is 10.9 Å². The minimum Gasteiger partial charge on any atom is -0.506 e. The maximum absolute atomic E-state index is 12.1. The molecule has 1 aromatic heterocycles. The summed E-state index contributed by atoms with van der Waals surface area (Å²) in [4.78, 5) is 12.1. The molecule has 2 rings (SSSR count). The zero-order valence-electron chi connectivity index (χ0n) is 13.1. The molecule has 0 aliphatic heterocycles. The summed E-state index contributed by atoms with van der Waals surface area (Å²) in [6.45, 7) is 5.56. The van der Waals surface area contributed by atoms with E-state index in [-0.39, 0.29) is 11.3 Å². The summed E-state index contributed by atoms with van der Waals surface area (Å²) < 4.78 is 6.25. The Morgan fingerprint density at radius 2 is 2.05 bits per heavy atom. The minimum atomic E-state index is -0.360. The predicted octanol–water partition coefficient (Wildman–Crippen LogP) is 1.29. The van der Waals surface area contributed by atoms with Crippen molar-refractivity contribution in [2.45, 2.75) is 20.4 Å². The highest BCUT2D eigenvalue weighted by Crippen LogP contribution is 2.15. The molecular weight excluding hydrogens is 282 g/mol. The van der Waals surface area contributed by atoms with Gasteiger partial charge in [0, 0.05) is 26.3 Å². The lowest BCUT2D eigenvalue weighted by molar-refractivity contribution is 0.199. The van der Waals surface area contributed by atoms with Gasteiger partial charge < -0.3 is 15.2 Å². The molecule has 0 spiro atoms. The van der Waals surface area contributed by atoms with Crippen LogP contribution in [0.1, 0.15) is 16.8 Å². The van der Waals surface area contributed by atoms with E-state index in [9.17, 15) is 9.90 Å². The van der Waals surface area contributed by atoms with Crippen LogP contribution in [-0.2, 0) is 11.3 Å². The van der Waals surface area contributed by atoms with Gasteiger partial charge in [0.05, 0.1) is 12.3 Å². The number of rotatable bonds is 6. The number of nitrogens with one attached hydrogen (secondary N) is 1. The van der Waals surface area contributed by atoms with Crippen molar-refractivity contribution in [1.82, 2.24) is 15.1 Å². The summed E-state index contributed by atoms with van der Waals surface area (Å²) >= 11 is 0. The number of aromatic nitrogens is 2. The molecule has 1 aromatic carbocycles. The number of nitrogens with zero attached hydrogens (tertiary/aromatic N) is 2. The topological polar surface area (TPSA) is 76.4 Å². The Balaban J connectivity index is 2.31. The van der Waals surface area contributed by atoms with Gasteiger partial charge in [-0.2, -0.15) is 9.78 Å². The summed E-state index contributed by atoms with van der Waals surface area (Å²) in [5, 5.41) is 17.2. The molecule has 0 saturated heterocycles. The van der Waals surface area contributed by atoms with Crippen LogP contribution in [0.3, 0.4) is 0 Å². The fourth-order valence-electron chi connectivity index (χ4n) is 2.03. The second kappa shape index (κ2) is 7.20. The SMILES string of the molecule is COCCNCc1nn(-c2ccc(C)c(C)c2)c(=O)cc1O. The van der Waals surface area contributed by atoms with E-state index >= 15 is 0 Å². The summed E-state index contributed by atoms with van der Waals surface area (Å²) in [6.07, 6.45) is 0. The number of ether oxygens (including phenoxy) is 1. The van der Waals surface area contributed by atoms with Crippen LogP contribution in [0.4, 0.5) is 0 Å². The van der Waals surface area contributed by atoms with Crippen molar-refractivity contribution < 1.29 is 9.84 Å². The number of benzene rings is 1. The normalized spacial score (nSPS) is 10.9. The van der Waals surface area contributed by atoms with Crippen molar-refractivity contribution in [2.24, 2.45) is 0 Å². The molecule has 2 N–H and O–H groups in total. The summed E-state index contributed by atoms with van der Waals surface area (Å²) in [6, 6.07) is 6.89. The molecule has 2 aromatic rings. The van der Waals surface area contributed by atoms with Crippen molar-refractivity contribution in [3.63, 3.8) is 0 Å². The van der Waals surface area contributed by atoms with Gasteiger partial charge in [-0.3, -0.25) is 4.79 Å². The first-order valence-corrected chi connectivity index (χ1v) is 7.12. The molecule has 22 heavy (non-hydrogen) atoms. The Kier molecular flexibility index (Phi) is 5.30. The fourth-order valence-corrected chi connectivity index (χ4v) is 2.03. The van der Waals surface area contributed by atoms with E-state index in [2.05, 4.69) is 10.4 Å². The van der Waals surface area contributed by atoms with Crippen molar-refractivity contribution >= 4 is 0 Å². The van der Waals surface area contributed by atoms with Crippen molar-refractivity contribution in [3.05, 3.63) is 51.4 Å². The van der Waals surface area contributed by atoms with Gasteiger partial charge >= 0.3 is 0 Å². The quantitative estimate of drug-likeness (QED) is 0.787. The van der Waals surface area contributed by atoms with E-state index < -0.39 is 0 Å². The number of aryl methyl sites for hydroxylation is 2. The number of hydrogen-bond donors (Lipinski definition) is 2. The Bertz CT molecular complexity index is 710. The zero-order valence-corrected chi connectivity index (χ0v) is 13.1. The smallest absolute Gasteiger partial charge is 0.275 e. The Morgan fingerprint density at radius 3 is 2.73 bits per heavy atom. The van der Waals surface area contributed by atoms with E-state index in [1.807, 2.05) is 32.0 Å². The molecule has 0 saturated carbocycles. The monoisotopic (exact) mass is 303 g/mol. The van der Waals surface area contributed by atoms with Crippen molar-refractivity contribution in [3.8, 4) is 11.4 Å². The van der Waals surface area contributed by atoms with Gasteiger partial charge in [-0.05, 0) is 37.1 Å². The molecule has 1 heterocycles. The third-order valence-corrected chi connectivity index (χ3v) is 3.50. The van der Waals surface area contributed by atoms with Crippen LogP contribution in [0.15, 0.2) is 29.1 Å². The molecule has 118 valence electrons. The first-order chi connectivity index (χ1) is 10.5. The third-order valence-electron chi connectivity index (χ3n) is 3.50. The Hall–Kier alpha value is -2.18. The highest BCUT2D eigenvalue weighted by atomic mass is 16.5. The molecule has 0 fully saturated rings. The van der Waals surface area contributed by atoms with Crippen LogP contribution in [0.25, 0.3) is 5.69 Å². The molecule has 6 heteroatoms. The average Bonchev–Trinajstić information content (AvgIpc) is 2.48. The highest BCUT2D eigenvalue weighted by molar-refractivity contribution is 5.39. The van der Waals surface area contributed by atoms with Crippen LogP contribution in [0, 0.1) is 13.8 Å². The molecule has 6 nitrogen and oxygen atoms in total. The van der Waals surface area contributed by atoms with E-state index in [1.165, 1.54) is 10.7 Å². The Labute approximate surface area is 129 Å². The van der Waals surface area contributed by atoms with Gasteiger partial charge in [0.25, 0.3) is 5.56 Å². The van der Waals surface area contributed by atoms with Crippen LogP contribution in [0.2, 0.25) is 0 Å². The van der Waals surface area contributed by atoms with E-state index in [0.717, 1.165) is 11.1 Å². The van der Waals surface area contributed by atoms with Crippen LogP contribution >= 0.6 is 0 Å². The average molecular weight is 303 g/mol. The molecule has 0 aliphatic carbocycles. The maximum Gasteiger partial charge on any atom is 0.275 e. The van der Waals surface area contributed by atoms with Gasteiger partial charge in [0.15, 0.2) is 0 Å². The fraction of sp³-hybridized carbons (Fsp3) is 0.375. The van der Waals surface area contributed by atoms with Crippen molar-refractivity contribution in [1.29, 1.82) is 0 Å². The molecule has 0 bridgehead atoms. The second-order valence-electron chi connectivity index (χ2n) is 5.16. The van der Waals surface area contributed by atoms with Gasteiger partial charge in [0.2, 0.25) is 0 Å². The van der Waals surface area contributed by atoms with Crippen molar-refractivity contribution in [2.75, 3.05) is 20.3 Å². The summed E-state index contributed by atoms with van der Waals surface area (Å²) in [7, 11) is 1.62. The zero-order chi connectivity index (χ0) is 16.1. The second-order valence-corrected chi connectivity index (χ2v) is 5.16. The first kappa shape index (κ1) is 16.2. The highest BCUT2D eigenvalue weighted by Gasteiger charge is 2.09. The predicted molar refractivity (Wildman–Crippen MR) is 84.6 cm³/mol. The van der Waals surface area contributed by atoms with E-state index in [0.29, 0.717) is 31.1 Å². The van der Waals surface area contributed by atoms with Gasteiger partial charge in [-0.15, -0.1) is 0 Å². The number of aromatic hydroxyl groups is 1. The van der Waals surface area contributed by atoms with Gasteiger partial charge in [-0.1, -0.05) is 6.07 Å². The largest absolute Gasteiger partial charge is 0.506 e. The van der Waals surface area contributed by atoms with Crippen LogP contribution in [0.5, 0.6) is 5.75 Å². The summed E-state index contributed by atoms with van der Waals surface area (Å²) in [5.41, 5.74) is 2.98. The van der Waals surface area contributed by atoms with Gasteiger partial charge in [-0.25, -0.2) is 0 Å². The molecule has 0 aliphatic rings. The molecule has 0 amide bonds. The lowest BCUT2D eigenvalue weighted by atomic mass is 10.1. The molecular formula is C16H21N3O3. The third kappa shape index (κ3) is 3.72. The lowest BCUT2D eigenvalue weighted by Gasteiger charge is -2.11. The maximum atomic E-state index is 12.1. The van der Waals surface area contributed by atoms with E-state index in [1.54, 1.807) is 7.11 Å². The summed E-state index contributed by atoms with van der Waals surface area (Å²) in [5.74, 6) is -0.102. The molecule has 0 atom stereocenters. The van der Waals surface area contributed by atoms with Gasteiger partial charge in [0.1, 0.15) is 11.4 Å². The molecule has 0 unspecified atom stereocenters. The lowest BCUT2D eigenvalue weighted by Crippen LogP contribution is -2.25.